The van der Waals surface area contributed by atoms with Crippen LogP contribution in [0.15, 0.2) is 24.3 Å². The molecule has 0 N–H and O–H groups in total. The van der Waals surface area contributed by atoms with Crippen LogP contribution in [0.2, 0.25) is 0 Å². The first-order valence-electron chi connectivity index (χ1n) is 13.8. The van der Waals surface area contributed by atoms with Gasteiger partial charge in [0.2, 0.25) is 0 Å². The van der Waals surface area contributed by atoms with Crippen LogP contribution in [-0.4, -0.2) is 12.2 Å². The topological polar surface area (TPSA) is 18.5 Å². The number of ether oxygens (including phenoxy) is 2. The molecular weight excluding hydrogens is 461 g/mol. The summed E-state index contributed by atoms with van der Waals surface area (Å²) in [7, 11) is 0. The van der Waals surface area contributed by atoms with Gasteiger partial charge in [-0.25, -0.2) is 13.2 Å². The third-order valence-electron chi connectivity index (χ3n) is 9.48. The normalized spacial score (nSPS) is 32.8. The van der Waals surface area contributed by atoms with E-state index in [-0.39, 0.29) is 35.6 Å². The van der Waals surface area contributed by atoms with Gasteiger partial charge < -0.3 is 9.47 Å². The van der Waals surface area contributed by atoms with Crippen LogP contribution in [0.5, 0.6) is 11.5 Å². The van der Waals surface area contributed by atoms with Gasteiger partial charge in [0.15, 0.2) is 29.0 Å². The summed E-state index contributed by atoms with van der Waals surface area (Å²) in [5.41, 5.74) is 2.55. The second-order valence-corrected chi connectivity index (χ2v) is 12.4. The zero-order valence-corrected chi connectivity index (χ0v) is 21.7. The molecule has 0 aliphatic heterocycles. The maximum absolute atomic E-state index is 15.0. The molecule has 6 rings (SSSR count). The van der Waals surface area contributed by atoms with Gasteiger partial charge in [0.05, 0.1) is 12.2 Å². The molecule has 4 aliphatic rings. The molecule has 5 atom stereocenters. The minimum absolute atomic E-state index is 0.0590. The van der Waals surface area contributed by atoms with E-state index >= 15 is 4.39 Å². The molecule has 36 heavy (non-hydrogen) atoms. The Labute approximate surface area is 212 Å². The highest BCUT2D eigenvalue weighted by Crippen LogP contribution is 2.61. The zero-order chi connectivity index (χ0) is 25.3. The summed E-state index contributed by atoms with van der Waals surface area (Å²) in [5, 5.41) is 0. The van der Waals surface area contributed by atoms with Crippen molar-refractivity contribution in [3.05, 3.63) is 58.4 Å². The minimum Gasteiger partial charge on any atom is -0.487 e. The van der Waals surface area contributed by atoms with E-state index in [1.807, 2.05) is 20.8 Å². The third kappa shape index (κ3) is 4.52. The number of aryl methyl sites for hydroxylation is 1. The van der Waals surface area contributed by atoms with Crippen molar-refractivity contribution in [3.63, 3.8) is 0 Å². The molecule has 0 radical (unpaired) electrons. The van der Waals surface area contributed by atoms with Gasteiger partial charge in [-0.3, -0.25) is 0 Å². The van der Waals surface area contributed by atoms with Crippen LogP contribution in [0, 0.1) is 54.0 Å². The van der Waals surface area contributed by atoms with Crippen molar-refractivity contribution >= 4 is 0 Å². The third-order valence-corrected chi connectivity index (χ3v) is 9.48. The van der Waals surface area contributed by atoms with Crippen LogP contribution in [0.4, 0.5) is 13.2 Å². The maximum atomic E-state index is 15.0. The number of fused-ring (bicyclic) bond motifs is 2. The molecule has 0 aromatic heterocycles. The Balaban J connectivity index is 1.03. The molecule has 0 spiro atoms. The van der Waals surface area contributed by atoms with Gasteiger partial charge >= 0.3 is 0 Å². The first kappa shape index (κ1) is 24.2. The molecular formula is C31H37F3O2. The predicted molar refractivity (Wildman–Crippen MR) is 134 cm³/mol. The van der Waals surface area contributed by atoms with Crippen LogP contribution >= 0.6 is 0 Å². The van der Waals surface area contributed by atoms with E-state index in [0.29, 0.717) is 29.1 Å². The highest BCUT2D eigenvalue weighted by molar-refractivity contribution is 5.39. The van der Waals surface area contributed by atoms with Crippen LogP contribution in [0.3, 0.4) is 0 Å². The van der Waals surface area contributed by atoms with E-state index in [4.69, 9.17) is 9.47 Å². The largest absolute Gasteiger partial charge is 0.487 e. The van der Waals surface area contributed by atoms with E-state index in [0.717, 1.165) is 55.1 Å². The van der Waals surface area contributed by atoms with Crippen molar-refractivity contribution in [2.45, 2.75) is 90.3 Å². The number of hydrogen-bond acceptors (Lipinski definition) is 2. The lowest BCUT2D eigenvalue weighted by Crippen LogP contribution is -2.18. The highest BCUT2D eigenvalue weighted by atomic mass is 19.1. The maximum Gasteiger partial charge on any atom is 0.191 e. The summed E-state index contributed by atoms with van der Waals surface area (Å²) >= 11 is 0. The molecule has 194 valence electrons. The first-order chi connectivity index (χ1) is 17.2. The van der Waals surface area contributed by atoms with Crippen LogP contribution in [0.1, 0.15) is 87.8 Å². The Kier molecular flexibility index (Phi) is 6.04. The Bertz CT molecular complexity index is 1090. The van der Waals surface area contributed by atoms with Gasteiger partial charge in [-0.1, -0.05) is 26.8 Å². The lowest BCUT2D eigenvalue weighted by atomic mass is 9.91. The van der Waals surface area contributed by atoms with Crippen molar-refractivity contribution in [2.75, 3.05) is 0 Å². The Morgan fingerprint density at radius 2 is 1.25 bits per heavy atom. The molecule has 4 aliphatic carbocycles. The monoisotopic (exact) mass is 498 g/mol. The first-order valence-corrected chi connectivity index (χ1v) is 13.8. The highest BCUT2D eigenvalue weighted by Gasteiger charge is 2.56. The fourth-order valence-corrected chi connectivity index (χ4v) is 7.22. The Morgan fingerprint density at radius 3 is 1.83 bits per heavy atom. The van der Waals surface area contributed by atoms with Gasteiger partial charge in [-0.05, 0) is 122 Å². The second kappa shape index (κ2) is 8.99. The summed E-state index contributed by atoms with van der Waals surface area (Å²) in [5.74, 6) is 2.29. The van der Waals surface area contributed by atoms with Crippen LogP contribution in [-0.2, 0) is 0 Å². The van der Waals surface area contributed by atoms with E-state index in [1.54, 1.807) is 6.07 Å². The summed E-state index contributed by atoms with van der Waals surface area (Å²) in [6.45, 7) is 7.94. The van der Waals surface area contributed by atoms with Gasteiger partial charge in [-0.15, -0.1) is 0 Å². The summed E-state index contributed by atoms with van der Waals surface area (Å²) in [4.78, 5) is 0. The lowest BCUT2D eigenvalue weighted by Gasteiger charge is -2.21. The van der Waals surface area contributed by atoms with Crippen molar-refractivity contribution in [3.8, 4) is 11.5 Å². The second-order valence-electron chi connectivity index (χ2n) is 12.4. The molecule has 2 aromatic rings. The fourth-order valence-electron chi connectivity index (χ4n) is 7.22. The molecule has 5 heteroatoms. The molecule has 5 unspecified atom stereocenters. The molecule has 4 fully saturated rings. The molecule has 0 bridgehead atoms. The number of rotatable bonds is 8. The number of benzene rings is 2. The average molecular weight is 499 g/mol. The van der Waals surface area contributed by atoms with Crippen molar-refractivity contribution in [1.82, 2.24) is 0 Å². The molecule has 2 aromatic carbocycles. The standard InChI is InChI=1S/C31H37F3O2/c1-15(2)18-10-28(33)31(29(34)11-18)36-23-13-25-24(26(25)14-23)6-16(3)19-5-17(4)30(27(32)12-19)35-22-8-20-7-21(20)9-22/h5,10-12,15-16,20-26H,6-9,13-14H2,1-4H3. The summed E-state index contributed by atoms with van der Waals surface area (Å²) in [6, 6.07) is 6.53. The molecule has 2 nitrogen and oxygen atoms in total. The van der Waals surface area contributed by atoms with E-state index < -0.39 is 11.6 Å². The van der Waals surface area contributed by atoms with Gasteiger partial charge in [0, 0.05) is 0 Å². The lowest BCUT2D eigenvalue weighted by molar-refractivity contribution is 0.169. The number of halogens is 3. The van der Waals surface area contributed by atoms with Crippen molar-refractivity contribution < 1.29 is 22.6 Å². The molecule has 0 saturated heterocycles. The average Bonchev–Trinajstić information content (AvgIpc) is 3.56. The van der Waals surface area contributed by atoms with E-state index in [1.165, 1.54) is 18.6 Å². The van der Waals surface area contributed by atoms with E-state index in [9.17, 15) is 8.78 Å². The predicted octanol–water partition coefficient (Wildman–Crippen LogP) is 8.31. The summed E-state index contributed by atoms with van der Waals surface area (Å²) < 4.78 is 55.9. The fraction of sp³-hybridized carbons (Fsp3) is 0.613. The molecule has 4 saturated carbocycles. The quantitative estimate of drug-likeness (QED) is 0.364. The molecule has 0 heterocycles. The van der Waals surface area contributed by atoms with Gasteiger partial charge in [-0.2, -0.15) is 0 Å². The zero-order valence-electron chi connectivity index (χ0n) is 21.7. The van der Waals surface area contributed by atoms with Crippen molar-refractivity contribution in [1.29, 1.82) is 0 Å². The Hall–Kier alpha value is -2.17. The molecule has 0 amide bonds. The van der Waals surface area contributed by atoms with Crippen LogP contribution in [0.25, 0.3) is 0 Å². The smallest absolute Gasteiger partial charge is 0.191 e. The van der Waals surface area contributed by atoms with Gasteiger partial charge in [0.1, 0.15) is 0 Å². The number of hydrogen-bond donors (Lipinski definition) is 0. The SMILES string of the molecule is Cc1cc(C(C)CC2C3CC(Oc4c(F)cc(C(C)C)cc4F)CC32)cc(F)c1OC1CC2CC2C1. The Morgan fingerprint density at radius 1 is 0.722 bits per heavy atom. The van der Waals surface area contributed by atoms with Crippen molar-refractivity contribution in [2.24, 2.45) is 29.6 Å². The minimum atomic E-state index is -0.612. The van der Waals surface area contributed by atoms with Crippen LogP contribution < -0.4 is 9.47 Å². The van der Waals surface area contributed by atoms with Gasteiger partial charge in [0.25, 0.3) is 0 Å². The van der Waals surface area contributed by atoms with E-state index in [2.05, 4.69) is 13.0 Å². The summed E-state index contributed by atoms with van der Waals surface area (Å²) in [6.07, 6.45) is 6.15.